The molecule has 3 heteroatoms. The van der Waals surface area contributed by atoms with Crippen molar-refractivity contribution in [2.75, 3.05) is 0 Å². The Bertz CT molecular complexity index is 606. The minimum absolute atomic E-state index is 0.00172. The number of hydrogen-bond acceptors (Lipinski definition) is 1. The molecule has 0 radical (unpaired) electrons. The van der Waals surface area contributed by atoms with Crippen molar-refractivity contribution in [2.45, 2.75) is 19.4 Å². The topological polar surface area (TPSA) is 20.2 Å². The monoisotopic (exact) mass is 274 g/mol. The fourth-order valence-corrected chi connectivity index (χ4v) is 1.94. The molecule has 0 heterocycles. The van der Waals surface area contributed by atoms with E-state index in [0.29, 0.717) is 6.42 Å². The smallest absolute Gasteiger partial charge is 0.166 e. The second kappa shape index (κ2) is 6.44. The number of benzene rings is 2. The number of halogens is 2. The highest BCUT2D eigenvalue weighted by Gasteiger charge is 2.16. The van der Waals surface area contributed by atoms with Crippen molar-refractivity contribution in [1.82, 2.24) is 0 Å². The fourth-order valence-electron chi connectivity index (χ4n) is 1.94. The van der Waals surface area contributed by atoms with E-state index in [1.807, 2.05) is 30.3 Å². The van der Waals surface area contributed by atoms with E-state index in [-0.39, 0.29) is 11.1 Å². The summed E-state index contributed by atoms with van der Waals surface area (Å²) in [5.41, 5.74) is 1.07. The van der Waals surface area contributed by atoms with Crippen LogP contribution in [0, 0.1) is 11.6 Å². The molecule has 0 spiro atoms. The molecule has 0 amide bonds. The highest BCUT2D eigenvalue weighted by atomic mass is 19.2. The highest BCUT2D eigenvalue weighted by molar-refractivity contribution is 5.70. The molecule has 1 unspecified atom stereocenters. The number of aliphatic hydroxyl groups is 1. The van der Waals surface area contributed by atoms with E-state index in [1.165, 1.54) is 18.2 Å². The fraction of sp³-hybridized carbons (Fsp3) is 0.176. The maximum absolute atomic E-state index is 13.9. The Morgan fingerprint density at radius 2 is 1.70 bits per heavy atom. The van der Waals surface area contributed by atoms with Crippen LogP contribution in [0.3, 0.4) is 0 Å². The Morgan fingerprint density at radius 3 is 2.35 bits per heavy atom. The maximum atomic E-state index is 13.9. The predicted molar refractivity (Wildman–Crippen MR) is 77.0 cm³/mol. The van der Waals surface area contributed by atoms with Gasteiger partial charge in [0.2, 0.25) is 0 Å². The molecular weight excluding hydrogens is 258 g/mol. The zero-order valence-corrected chi connectivity index (χ0v) is 11.2. The second-order valence-corrected chi connectivity index (χ2v) is 4.54. The van der Waals surface area contributed by atoms with Crippen molar-refractivity contribution in [3.63, 3.8) is 0 Å². The van der Waals surface area contributed by atoms with Crippen molar-refractivity contribution in [2.24, 2.45) is 0 Å². The lowest BCUT2D eigenvalue weighted by atomic mass is 10.0. The van der Waals surface area contributed by atoms with Crippen molar-refractivity contribution < 1.29 is 13.9 Å². The maximum Gasteiger partial charge on any atom is 0.166 e. The van der Waals surface area contributed by atoms with Gasteiger partial charge < -0.3 is 5.11 Å². The van der Waals surface area contributed by atoms with Crippen LogP contribution in [-0.4, -0.2) is 5.11 Å². The molecule has 0 bridgehead atoms. The zero-order chi connectivity index (χ0) is 14.5. The van der Waals surface area contributed by atoms with E-state index in [0.717, 1.165) is 5.56 Å². The Labute approximate surface area is 117 Å². The lowest BCUT2D eigenvalue weighted by molar-refractivity contribution is 0.167. The molecule has 0 saturated heterocycles. The number of hydrogen-bond donors (Lipinski definition) is 1. The molecule has 1 nitrogen and oxygen atoms in total. The van der Waals surface area contributed by atoms with Crippen LogP contribution in [0.5, 0.6) is 0 Å². The standard InChI is InChI=1S/C17H16F2O/c1-2-15(20)14-11-10-13(16(18)17(14)19)9-8-12-6-4-3-5-7-12/h3-11,15,20H,2H2,1H3/b9-8+. The minimum Gasteiger partial charge on any atom is -0.388 e. The van der Waals surface area contributed by atoms with Crippen LogP contribution >= 0.6 is 0 Å². The largest absolute Gasteiger partial charge is 0.388 e. The molecule has 0 saturated carbocycles. The zero-order valence-electron chi connectivity index (χ0n) is 11.2. The molecule has 0 aromatic heterocycles. The Kier molecular flexibility index (Phi) is 4.64. The first-order valence-electron chi connectivity index (χ1n) is 6.52. The summed E-state index contributed by atoms with van der Waals surface area (Å²) in [4.78, 5) is 0. The Balaban J connectivity index is 2.30. The van der Waals surface area contributed by atoms with Gasteiger partial charge in [0.15, 0.2) is 11.6 Å². The molecule has 104 valence electrons. The number of rotatable bonds is 4. The Hall–Kier alpha value is -2.00. The average molecular weight is 274 g/mol. The van der Waals surface area contributed by atoms with Gasteiger partial charge in [0.25, 0.3) is 0 Å². The van der Waals surface area contributed by atoms with Gasteiger partial charge in [-0.1, -0.05) is 61.5 Å². The predicted octanol–water partition coefficient (Wildman–Crippen LogP) is 4.58. The van der Waals surface area contributed by atoms with E-state index in [2.05, 4.69) is 0 Å². The van der Waals surface area contributed by atoms with Gasteiger partial charge in [-0.05, 0) is 12.0 Å². The summed E-state index contributed by atoms with van der Waals surface area (Å²) >= 11 is 0. The minimum atomic E-state index is -0.977. The Morgan fingerprint density at radius 1 is 1.00 bits per heavy atom. The third-order valence-corrected chi connectivity index (χ3v) is 3.14. The van der Waals surface area contributed by atoms with E-state index >= 15 is 0 Å². The van der Waals surface area contributed by atoms with E-state index < -0.39 is 17.7 Å². The first kappa shape index (κ1) is 14.4. The van der Waals surface area contributed by atoms with Crippen LogP contribution in [0.2, 0.25) is 0 Å². The van der Waals surface area contributed by atoms with E-state index in [1.54, 1.807) is 13.0 Å². The first-order chi connectivity index (χ1) is 9.63. The molecule has 1 atom stereocenters. The van der Waals surface area contributed by atoms with Crippen LogP contribution < -0.4 is 0 Å². The summed E-state index contributed by atoms with van der Waals surface area (Å²) < 4.78 is 27.8. The highest BCUT2D eigenvalue weighted by Crippen LogP contribution is 2.25. The number of aliphatic hydroxyl groups excluding tert-OH is 1. The molecule has 2 aromatic carbocycles. The van der Waals surface area contributed by atoms with E-state index in [9.17, 15) is 13.9 Å². The lowest BCUT2D eigenvalue weighted by Gasteiger charge is -2.10. The van der Waals surface area contributed by atoms with Gasteiger partial charge in [0, 0.05) is 11.1 Å². The van der Waals surface area contributed by atoms with Gasteiger partial charge in [-0.2, -0.15) is 0 Å². The van der Waals surface area contributed by atoms with Crippen LogP contribution in [0.4, 0.5) is 8.78 Å². The van der Waals surface area contributed by atoms with Gasteiger partial charge in [-0.3, -0.25) is 0 Å². The van der Waals surface area contributed by atoms with Crippen molar-refractivity contribution in [1.29, 1.82) is 0 Å². The van der Waals surface area contributed by atoms with Gasteiger partial charge in [0.1, 0.15) is 0 Å². The summed E-state index contributed by atoms with van der Waals surface area (Å²) in [6.07, 6.45) is 2.61. The molecule has 2 rings (SSSR count). The van der Waals surface area contributed by atoms with Gasteiger partial charge in [-0.25, -0.2) is 8.78 Å². The van der Waals surface area contributed by atoms with Gasteiger partial charge >= 0.3 is 0 Å². The lowest BCUT2D eigenvalue weighted by Crippen LogP contribution is -2.02. The summed E-state index contributed by atoms with van der Waals surface area (Å²) in [5.74, 6) is -1.91. The van der Waals surface area contributed by atoms with E-state index in [4.69, 9.17) is 0 Å². The molecule has 0 fully saturated rings. The summed E-state index contributed by atoms with van der Waals surface area (Å²) in [6, 6.07) is 12.3. The summed E-state index contributed by atoms with van der Waals surface area (Å²) in [7, 11) is 0. The molecular formula is C17H16F2O. The molecule has 2 aromatic rings. The molecule has 20 heavy (non-hydrogen) atoms. The SMILES string of the molecule is CCC(O)c1ccc(/C=C/c2ccccc2)c(F)c1F. The quantitative estimate of drug-likeness (QED) is 0.809. The molecule has 1 N–H and O–H groups in total. The summed E-state index contributed by atoms with van der Waals surface area (Å²) in [5, 5.41) is 9.61. The third kappa shape index (κ3) is 3.11. The van der Waals surface area contributed by atoms with Crippen molar-refractivity contribution >= 4 is 12.2 Å². The van der Waals surface area contributed by atoms with Crippen LogP contribution in [-0.2, 0) is 0 Å². The van der Waals surface area contributed by atoms with Crippen LogP contribution in [0.1, 0.15) is 36.1 Å². The second-order valence-electron chi connectivity index (χ2n) is 4.54. The van der Waals surface area contributed by atoms with Gasteiger partial charge in [0.05, 0.1) is 6.10 Å². The molecule has 0 aliphatic rings. The normalized spacial score (nSPS) is 12.8. The van der Waals surface area contributed by atoms with Gasteiger partial charge in [-0.15, -0.1) is 0 Å². The first-order valence-corrected chi connectivity index (χ1v) is 6.52. The average Bonchev–Trinajstić information content (AvgIpc) is 2.49. The van der Waals surface area contributed by atoms with Crippen LogP contribution in [0.25, 0.3) is 12.2 Å². The van der Waals surface area contributed by atoms with Crippen LogP contribution in [0.15, 0.2) is 42.5 Å². The molecule has 0 aliphatic heterocycles. The molecule has 0 aliphatic carbocycles. The van der Waals surface area contributed by atoms with Crippen molar-refractivity contribution in [3.05, 3.63) is 70.8 Å². The summed E-state index contributed by atoms with van der Waals surface area (Å²) in [6.45, 7) is 1.71. The van der Waals surface area contributed by atoms with Crippen molar-refractivity contribution in [3.8, 4) is 0 Å². The third-order valence-electron chi connectivity index (χ3n) is 3.14.